The van der Waals surface area contributed by atoms with Gasteiger partial charge >= 0.3 is 0 Å². The number of aromatic nitrogens is 2. The summed E-state index contributed by atoms with van der Waals surface area (Å²) in [6.45, 7) is 4.79. The number of carbonyl (C=O) groups is 1. The van der Waals surface area contributed by atoms with E-state index in [1.807, 2.05) is 24.6 Å². The van der Waals surface area contributed by atoms with Crippen LogP contribution in [0.2, 0.25) is 0 Å². The SMILES string of the molecule is CCc1nn(CC)c(CC(=O)c2cc(Br)ccc2N)c1Br. The Bertz CT molecular complexity index is 680. The summed E-state index contributed by atoms with van der Waals surface area (Å²) >= 11 is 6.93. The molecule has 21 heavy (non-hydrogen) atoms. The molecule has 1 aromatic heterocycles. The minimum Gasteiger partial charge on any atom is -0.398 e. The van der Waals surface area contributed by atoms with E-state index in [4.69, 9.17) is 5.73 Å². The van der Waals surface area contributed by atoms with Crippen LogP contribution in [0.1, 0.15) is 35.6 Å². The second-order valence-electron chi connectivity index (χ2n) is 4.71. The lowest BCUT2D eigenvalue weighted by atomic mass is 10.0. The fourth-order valence-corrected chi connectivity index (χ4v) is 3.27. The number of benzene rings is 1. The van der Waals surface area contributed by atoms with Crippen molar-refractivity contribution in [3.63, 3.8) is 0 Å². The lowest BCUT2D eigenvalue weighted by molar-refractivity contribution is 0.0991. The predicted molar refractivity (Wildman–Crippen MR) is 91.6 cm³/mol. The van der Waals surface area contributed by atoms with Gasteiger partial charge in [-0.2, -0.15) is 5.10 Å². The fraction of sp³-hybridized carbons (Fsp3) is 0.333. The monoisotopic (exact) mass is 413 g/mol. The average Bonchev–Trinajstić information content (AvgIpc) is 2.77. The zero-order valence-electron chi connectivity index (χ0n) is 12.0. The van der Waals surface area contributed by atoms with Crippen LogP contribution in [0.15, 0.2) is 27.1 Å². The van der Waals surface area contributed by atoms with Gasteiger partial charge in [-0.3, -0.25) is 9.48 Å². The molecule has 0 amide bonds. The zero-order chi connectivity index (χ0) is 15.6. The molecule has 0 fully saturated rings. The first kappa shape index (κ1) is 16.2. The topological polar surface area (TPSA) is 60.9 Å². The Kier molecular flexibility index (Phi) is 5.22. The van der Waals surface area contributed by atoms with Crippen molar-refractivity contribution in [2.24, 2.45) is 0 Å². The molecule has 0 aliphatic heterocycles. The molecule has 0 aliphatic rings. The quantitative estimate of drug-likeness (QED) is 0.594. The largest absolute Gasteiger partial charge is 0.398 e. The number of nitrogens with zero attached hydrogens (tertiary/aromatic N) is 2. The second kappa shape index (κ2) is 6.75. The molecule has 6 heteroatoms. The van der Waals surface area contributed by atoms with E-state index in [0.717, 1.165) is 33.3 Å². The maximum absolute atomic E-state index is 12.5. The number of hydrogen-bond acceptors (Lipinski definition) is 3. The molecule has 0 unspecified atom stereocenters. The summed E-state index contributed by atoms with van der Waals surface area (Å²) in [5, 5.41) is 4.51. The molecule has 0 saturated heterocycles. The Morgan fingerprint density at radius 2 is 2.05 bits per heavy atom. The lowest BCUT2D eigenvalue weighted by Gasteiger charge is -2.08. The molecule has 0 spiro atoms. The Morgan fingerprint density at radius 1 is 1.33 bits per heavy atom. The van der Waals surface area contributed by atoms with Gasteiger partial charge in [-0.15, -0.1) is 0 Å². The first-order valence-electron chi connectivity index (χ1n) is 6.80. The normalized spacial score (nSPS) is 10.9. The zero-order valence-corrected chi connectivity index (χ0v) is 15.2. The first-order chi connectivity index (χ1) is 9.97. The molecular formula is C15H17Br2N3O. The Labute approximate surface area is 141 Å². The second-order valence-corrected chi connectivity index (χ2v) is 6.42. The highest BCUT2D eigenvalue weighted by Gasteiger charge is 2.19. The Balaban J connectivity index is 2.35. The number of Topliss-reactive ketones (excluding diaryl/α,β-unsaturated/α-hetero) is 1. The van der Waals surface area contributed by atoms with Crippen molar-refractivity contribution in [3.8, 4) is 0 Å². The first-order valence-corrected chi connectivity index (χ1v) is 8.38. The van der Waals surface area contributed by atoms with E-state index in [-0.39, 0.29) is 12.2 Å². The highest BCUT2D eigenvalue weighted by atomic mass is 79.9. The summed E-state index contributed by atoms with van der Waals surface area (Å²) < 4.78 is 3.64. The van der Waals surface area contributed by atoms with E-state index < -0.39 is 0 Å². The van der Waals surface area contributed by atoms with Crippen LogP contribution in [0.5, 0.6) is 0 Å². The summed E-state index contributed by atoms with van der Waals surface area (Å²) in [5.41, 5.74) is 8.82. The van der Waals surface area contributed by atoms with Crippen LogP contribution >= 0.6 is 31.9 Å². The van der Waals surface area contributed by atoms with Crippen molar-refractivity contribution >= 4 is 43.3 Å². The third kappa shape index (κ3) is 3.37. The number of halogens is 2. The number of anilines is 1. The summed E-state index contributed by atoms with van der Waals surface area (Å²) in [7, 11) is 0. The van der Waals surface area contributed by atoms with Gasteiger partial charge in [0.05, 0.1) is 22.3 Å². The Hall–Kier alpha value is -1.14. The summed E-state index contributed by atoms with van der Waals surface area (Å²) in [6, 6.07) is 5.33. The van der Waals surface area contributed by atoms with E-state index >= 15 is 0 Å². The molecule has 112 valence electrons. The lowest BCUT2D eigenvalue weighted by Crippen LogP contribution is -2.12. The van der Waals surface area contributed by atoms with Crippen molar-refractivity contribution < 1.29 is 4.79 Å². The third-order valence-corrected chi connectivity index (χ3v) is 4.75. The van der Waals surface area contributed by atoms with Crippen molar-refractivity contribution in [1.29, 1.82) is 0 Å². The van der Waals surface area contributed by atoms with Crippen LogP contribution in [0.4, 0.5) is 5.69 Å². The van der Waals surface area contributed by atoms with Crippen molar-refractivity contribution in [2.75, 3.05) is 5.73 Å². The molecule has 1 aromatic carbocycles. The van der Waals surface area contributed by atoms with E-state index in [1.165, 1.54) is 0 Å². The van der Waals surface area contributed by atoms with Crippen molar-refractivity contribution in [3.05, 3.63) is 44.1 Å². The van der Waals surface area contributed by atoms with Gasteiger partial charge in [-0.25, -0.2) is 0 Å². The number of carbonyl (C=O) groups excluding carboxylic acids is 1. The minimum absolute atomic E-state index is 0.00764. The van der Waals surface area contributed by atoms with E-state index in [2.05, 4.69) is 37.0 Å². The van der Waals surface area contributed by atoms with E-state index in [0.29, 0.717) is 11.3 Å². The van der Waals surface area contributed by atoms with Crippen LogP contribution in [-0.2, 0) is 19.4 Å². The third-order valence-electron chi connectivity index (χ3n) is 3.34. The van der Waals surface area contributed by atoms with Crippen molar-refractivity contribution in [2.45, 2.75) is 33.2 Å². The van der Waals surface area contributed by atoms with E-state index in [9.17, 15) is 4.79 Å². The van der Waals surface area contributed by atoms with Gasteiger partial charge in [0.2, 0.25) is 0 Å². The summed E-state index contributed by atoms with van der Waals surface area (Å²) in [5.74, 6) is -0.00764. The molecule has 0 aliphatic carbocycles. The fourth-order valence-electron chi connectivity index (χ4n) is 2.20. The Morgan fingerprint density at radius 3 is 2.67 bits per heavy atom. The van der Waals surface area contributed by atoms with Gasteiger partial charge in [0.1, 0.15) is 0 Å². The highest BCUT2D eigenvalue weighted by Crippen LogP contribution is 2.25. The molecule has 4 nitrogen and oxygen atoms in total. The number of nitrogen functional groups attached to an aromatic ring is 1. The predicted octanol–water partition coefficient (Wildman–Crippen LogP) is 4.00. The maximum atomic E-state index is 12.5. The van der Waals surface area contributed by atoms with Gasteiger partial charge in [-0.1, -0.05) is 22.9 Å². The molecule has 0 bridgehead atoms. The molecule has 0 atom stereocenters. The molecule has 2 rings (SSSR count). The summed E-state index contributed by atoms with van der Waals surface area (Å²) in [4.78, 5) is 12.5. The molecule has 2 aromatic rings. The van der Waals surface area contributed by atoms with Crippen LogP contribution < -0.4 is 5.73 Å². The van der Waals surface area contributed by atoms with Gasteiger partial charge < -0.3 is 5.73 Å². The molecule has 0 radical (unpaired) electrons. The van der Waals surface area contributed by atoms with E-state index in [1.54, 1.807) is 12.1 Å². The van der Waals surface area contributed by atoms with Gasteiger partial charge in [0.25, 0.3) is 0 Å². The molecular weight excluding hydrogens is 398 g/mol. The van der Waals surface area contributed by atoms with Gasteiger partial charge in [0.15, 0.2) is 5.78 Å². The van der Waals surface area contributed by atoms with Gasteiger partial charge in [-0.05, 0) is 47.5 Å². The summed E-state index contributed by atoms with van der Waals surface area (Å²) in [6.07, 6.45) is 1.11. The standard InChI is InChI=1S/C15H17Br2N3O/c1-3-12-15(17)13(20(4-2)19-12)8-14(21)10-7-9(16)5-6-11(10)18/h5-7H,3-4,8,18H2,1-2H3. The number of aryl methyl sites for hydroxylation is 2. The molecule has 0 saturated carbocycles. The average molecular weight is 415 g/mol. The van der Waals surface area contributed by atoms with Crippen molar-refractivity contribution in [1.82, 2.24) is 9.78 Å². The highest BCUT2D eigenvalue weighted by molar-refractivity contribution is 9.10. The van der Waals surface area contributed by atoms with Crippen LogP contribution in [0.25, 0.3) is 0 Å². The number of rotatable bonds is 5. The number of ketones is 1. The number of hydrogen-bond donors (Lipinski definition) is 1. The van der Waals surface area contributed by atoms with Gasteiger partial charge in [0, 0.05) is 22.3 Å². The maximum Gasteiger partial charge on any atom is 0.170 e. The van der Waals surface area contributed by atoms with Crippen LogP contribution in [0.3, 0.4) is 0 Å². The van der Waals surface area contributed by atoms with Crippen LogP contribution in [-0.4, -0.2) is 15.6 Å². The van der Waals surface area contributed by atoms with Crippen LogP contribution in [0, 0.1) is 0 Å². The molecule has 1 heterocycles. The smallest absolute Gasteiger partial charge is 0.170 e. The number of nitrogens with two attached hydrogens (primary N) is 1. The minimum atomic E-state index is -0.00764. The molecule has 2 N–H and O–H groups in total.